The Balaban J connectivity index is 2.87. The third-order valence-electron chi connectivity index (χ3n) is 2.20. The average molecular weight is 240 g/mol. The van der Waals surface area contributed by atoms with E-state index in [0.717, 1.165) is 5.00 Å². The van der Waals surface area contributed by atoms with Crippen molar-refractivity contribution in [2.75, 3.05) is 11.4 Å². The van der Waals surface area contributed by atoms with Gasteiger partial charge < -0.3 is 5.32 Å². The molecule has 0 aliphatic heterocycles. The molecule has 0 aromatic carbocycles. The van der Waals surface area contributed by atoms with E-state index >= 15 is 0 Å². The van der Waals surface area contributed by atoms with E-state index in [9.17, 15) is 9.59 Å². The van der Waals surface area contributed by atoms with Gasteiger partial charge in [0.1, 0.15) is 6.04 Å². The van der Waals surface area contributed by atoms with Gasteiger partial charge >= 0.3 is 0 Å². The van der Waals surface area contributed by atoms with Crippen molar-refractivity contribution in [3.05, 3.63) is 17.5 Å². The molecule has 0 saturated carbocycles. The van der Waals surface area contributed by atoms with Crippen molar-refractivity contribution < 1.29 is 9.59 Å². The summed E-state index contributed by atoms with van der Waals surface area (Å²) in [4.78, 5) is 24.7. The monoisotopic (exact) mass is 240 g/mol. The molecule has 1 aromatic heterocycles. The molecule has 88 valence electrons. The fourth-order valence-corrected chi connectivity index (χ4v) is 2.32. The summed E-state index contributed by atoms with van der Waals surface area (Å²) in [7, 11) is 0. The van der Waals surface area contributed by atoms with Crippen molar-refractivity contribution in [2.24, 2.45) is 0 Å². The van der Waals surface area contributed by atoms with Crippen molar-refractivity contribution >= 4 is 28.2 Å². The molecule has 1 atom stereocenters. The Morgan fingerprint density at radius 1 is 1.56 bits per heavy atom. The van der Waals surface area contributed by atoms with E-state index < -0.39 is 6.04 Å². The third kappa shape index (κ3) is 2.82. The number of carbonyl (C=O) groups excluding carboxylic acids is 2. The molecule has 16 heavy (non-hydrogen) atoms. The molecule has 0 aliphatic rings. The van der Waals surface area contributed by atoms with E-state index in [1.54, 1.807) is 6.92 Å². The van der Waals surface area contributed by atoms with Crippen molar-refractivity contribution in [3.8, 4) is 0 Å². The fourth-order valence-electron chi connectivity index (χ4n) is 1.46. The summed E-state index contributed by atoms with van der Waals surface area (Å²) in [6, 6.07) is 3.22. The molecule has 0 fully saturated rings. The number of thiophene rings is 1. The smallest absolute Gasteiger partial charge is 0.242 e. The molecule has 5 heteroatoms. The summed E-state index contributed by atoms with van der Waals surface area (Å²) in [5, 5.41) is 5.40. The highest BCUT2D eigenvalue weighted by molar-refractivity contribution is 7.14. The topological polar surface area (TPSA) is 49.4 Å². The van der Waals surface area contributed by atoms with E-state index in [0.29, 0.717) is 6.54 Å². The second kappa shape index (κ2) is 5.65. The lowest BCUT2D eigenvalue weighted by atomic mass is 10.2. The molecular weight excluding hydrogens is 224 g/mol. The van der Waals surface area contributed by atoms with Gasteiger partial charge in [0, 0.05) is 13.5 Å². The zero-order valence-corrected chi connectivity index (χ0v) is 10.5. The van der Waals surface area contributed by atoms with Gasteiger partial charge in [0.05, 0.1) is 5.00 Å². The first-order valence-electron chi connectivity index (χ1n) is 5.19. The molecule has 0 bridgehead atoms. The maximum Gasteiger partial charge on any atom is 0.242 e. The molecule has 1 rings (SSSR count). The van der Waals surface area contributed by atoms with Crippen molar-refractivity contribution in [3.63, 3.8) is 0 Å². The van der Waals surface area contributed by atoms with Crippen LogP contribution in [0.25, 0.3) is 0 Å². The number of rotatable bonds is 4. The molecule has 0 saturated heterocycles. The lowest BCUT2D eigenvalue weighted by Gasteiger charge is -2.25. The number of amides is 2. The number of carbonyl (C=O) groups is 2. The SMILES string of the molecule is CCNC(=O)C(C)N(C(C)=O)c1cccs1. The van der Waals surface area contributed by atoms with Crippen LogP contribution in [0.1, 0.15) is 20.8 Å². The van der Waals surface area contributed by atoms with Crippen LogP contribution in [0.3, 0.4) is 0 Å². The maximum absolute atomic E-state index is 11.7. The minimum atomic E-state index is -0.476. The van der Waals surface area contributed by atoms with Crippen LogP contribution in [0.2, 0.25) is 0 Å². The van der Waals surface area contributed by atoms with Crippen LogP contribution < -0.4 is 10.2 Å². The van der Waals surface area contributed by atoms with Gasteiger partial charge in [-0.3, -0.25) is 14.5 Å². The first kappa shape index (κ1) is 12.7. The molecule has 1 unspecified atom stereocenters. The molecule has 0 radical (unpaired) electrons. The highest BCUT2D eigenvalue weighted by Crippen LogP contribution is 2.23. The van der Waals surface area contributed by atoms with Gasteiger partial charge in [-0.05, 0) is 31.4 Å². The van der Waals surface area contributed by atoms with Crippen LogP contribution in [0, 0.1) is 0 Å². The number of nitrogens with zero attached hydrogens (tertiary/aromatic N) is 1. The Morgan fingerprint density at radius 3 is 2.69 bits per heavy atom. The summed E-state index contributed by atoms with van der Waals surface area (Å²) >= 11 is 1.45. The van der Waals surface area contributed by atoms with Gasteiger partial charge in [0.25, 0.3) is 0 Å². The van der Waals surface area contributed by atoms with Crippen LogP contribution in [0.15, 0.2) is 17.5 Å². The summed E-state index contributed by atoms with van der Waals surface area (Å²) < 4.78 is 0. The summed E-state index contributed by atoms with van der Waals surface area (Å²) in [6.45, 7) is 5.62. The predicted molar refractivity (Wildman–Crippen MR) is 65.6 cm³/mol. The van der Waals surface area contributed by atoms with E-state index in [2.05, 4.69) is 5.32 Å². The second-order valence-electron chi connectivity index (χ2n) is 3.41. The number of hydrogen-bond acceptors (Lipinski definition) is 3. The molecular formula is C11H16N2O2S. The van der Waals surface area contributed by atoms with Crippen LogP contribution in [-0.4, -0.2) is 24.4 Å². The van der Waals surface area contributed by atoms with Crippen LogP contribution >= 0.6 is 11.3 Å². The zero-order valence-electron chi connectivity index (χ0n) is 9.69. The van der Waals surface area contributed by atoms with Gasteiger partial charge in [-0.15, -0.1) is 11.3 Å². The van der Waals surface area contributed by atoms with Gasteiger partial charge in [-0.1, -0.05) is 0 Å². The first-order valence-corrected chi connectivity index (χ1v) is 6.07. The van der Waals surface area contributed by atoms with Crippen LogP contribution in [0.5, 0.6) is 0 Å². The van der Waals surface area contributed by atoms with E-state index in [1.165, 1.54) is 23.2 Å². The largest absolute Gasteiger partial charge is 0.355 e. The second-order valence-corrected chi connectivity index (χ2v) is 4.34. The number of likely N-dealkylation sites (N-methyl/N-ethyl adjacent to an activating group) is 1. The number of anilines is 1. The van der Waals surface area contributed by atoms with Gasteiger partial charge in [-0.25, -0.2) is 0 Å². The van der Waals surface area contributed by atoms with Crippen molar-refractivity contribution in [2.45, 2.75) is 26.8 Å². The molecule has 0 aliphatic carbocycles. The minimum Gasteiger partial charge on any atom is -0.355 e. The van der Waals surface area contributed by atoms with Gasteiger partial charge in [0.15, 0.2) is 0 Å². The van der Waals surface area contributed by atoms with Crippen molar-refractivity contribution in [1.82, 2.24) is 5.32 Å². The van der Waals surface area contributed by atoms with E-state index in [1.807, 2.05) is 24.4 Å². The van der Waals surface area contributed by atoms with Crippen LogP contribution in [0.4, 0.5) is 5.00 Å². The highest BCUT2D eigenvalue weighted by atomic mass is 32.1. The van der Waals surface area contributed by atoms with Gasteiger partial charge in [0.2, 0.25) is 11.8 Å². The lowest BCUT2D eigenvalue weighted by molar-refractivity contribution is -0.125. The first-order chi connectivity index (χ1) is 7.57. The maximum atomic E-state index is 11.7. The van der Waals surface area contributed by atoms with Crippen LogP contribution in [-0.2, 0) is 9.59 Å². The molecule has 0 spiro atoms. The van der Waals surface area contributed by atoms with Crippen molar-refractivity contribution in [1.29, 1.82) is 0 Å². The number of hydrogen-bond donors (Lipinski definition) is 1. The Bertz CT molecular complexity index is 362. The van der Waals surface area contributed by atoms with E-state index in [-0.39, 0.29) is 11.8 Å². The molecule has 1 aromatic rings. The Labute approximate surface area is 99.3 Å². The molecule has 2 amide bonds. The molecule has 1 N–H and O–H groups in total. The Morgan fingerprint density at radius 2 is 2.25 bits per heavy atom. The third-order valence-corrected chi connectivity index (χ3v) is 3.07. The summed E-state index contributed by atoms with van der Waals surface area (Å²) in [6.07, 6.45) is 0. The van der Waals surface area contributed by atoms with E-state index in [4.69, 9.17) is 0 Å². The Kier molecular flexibility index (Phi) is 4.49. The number of nitrogens with one attached hydrogen (secondary N) is 1. The predicted octanol–water partition coefficient (Wildman–Crippen LogP) is 1.63. The summed E-state index contributed by atoms with van der Waals surface area (Å²) in [5.41, 5.74) is 0. The van der Waals surface area contributed by atoms with Gasteiger partial charge in [-0.2, -0.15) is 0 Å². The average Bonchev–Trinajstić information content (AvgIpc) is 2.71. The summed E-state index contributed by atoms with van der Waals surface area (Å²) in [5.74, 6) is -0.257. The normalized spacial score (nSPS) is 11.9. The Hall–Kier alpha value is -1.36. The fraction of sp³-hybridized carbons (Fsp3) is 0.455. The quantitative estimate of drug-likeness (QED) is 0.869. The zero-order chi connectivity index (χ0) is 12.1. The molecule has 1 heterocycles. The lowest BCUT2D eigenvalue weighted by Crippen LogP contribution is -2.47. The minimum absolute atomic E-state index is 0.124. The molecule has 4 nitrogen and oxygen atoms in total. The standard InChI is InChI=1S/C11H16N2O2S/c1-4-12-11(15)8(2)13(9(3)14)10-6-5-7-16-10/h5-8H,4H2,1-3H3,(H,12,15). The highest BCUT2D eigenvalue weighted by Gasteiger charge is 2.25.